The molecule has 6 heavy (non-hydrogen) atoms. The van der Waals surface area contributed by atoms with Crippen molar-refractivity contribution >= 4 is 12.4 Å². The molecule has 0 aliphatic heterocycles. The molecule has 0 amide bonds. The third-order valence-corrected chi connectivity index (χ3v) is 0. The van der Waals surface area contributed by atoms with Crippen LogP contribution in [0.4, 0.5) is 0 Å². The number of hydrogen-bond donors (Lipinski definition) is 0. The topological polar surface area (TPSA) is 0 Å². The fraction of sp³-hybridized carbons (Fsp3) is 0.250. The summed E-state index contributed by atoms with van der Waals surface area (Å²) in [7, 11) is 0. The third kappa shape index (κ3) is 327. The van der Waals surface area contributed by atoms with Gasteiger partial charge in [-0.25, -0.2) is 19.1 Å². The molecule has 0 bridgehead atoms. The molecule has 0 unspecified atom stereocenters. The van der Waals surface area contributed by atoms with Crippen LogP contribution in [0.5, 0.6) is 0 Å². The van der Waals surface area contributed by atoms with Gasteiger partial charge in [0.1, 0.15) is 0 Å². The van der Waals surface area contributed by atoms with Crippen molar-refractivity contribution in [3.63, 3.8) is 0 Å². The first-order chi connectivity index (χ1) is 1.73. The molecule has 0 saturated heterocycles. The third-order valence-electron chi connectivity index (χ3n) is 0. The van der Waals surface area contributed by atoms with Crippen molar-refractivity contribution in [2.75, 3.05) is 0 Å². The van der Waals surface area contributed by atoms with E-state index in [0.29, 0.717) is 0 Å². The zero-order chi connectivity index (χ0) is 3.58. The number of halogens is 1. The van der Waals surface area contributed by atoms with Gasteiger partial charge in [-0.2, -0.15) is 0 Å². The van der Waals surface area contributed by atoms with E-state index in [-0.39, 0.29) is 28.9 Å². The van der Waals surface area contributed by atoms with Crippen molar-refractivity contribution in [3.8, 4) is 0 Å². The van der Waals surface area contributed by atoms with Crippen molar-refractivity contribution in [1.82, 2.24) is 0 Å². The molecule has 0 spiro atoms. The maximum absolute atomic E-state index is 3.44. The van der Waals surface area contributed by atoms with E-state index in [1.807, 2.05) is 6.92 Å². The quantitative estimate of drug-likeness (QED) is 0.365. The van der Waals surface area contributed by atoms with Gasteiger partial charge in [-0.1, -0.05) is 6.92 Å². The van der Waals surface area contributed by atoms with Gasteiger partial charge < -0.3 is 0 Å². The predicted molar refractivity (Wildman–Crippen MR) is 27.4 cm³/mol. The Bertz CT molecular complexity index is 30.5. The van der Waals surface area contributed by atoms with Crippen LogP contribution >= 0.6 is 12.4 Å². The van der Waals surface area contributed by atoms with Crippen LogP contribution in [0.15, 0.2) is 12.2 Å². The minimum atomic E-state index is 0. The summed E-state index contributed by atoms with van der Waals surface area (Å²) in [5.74, 6) is 0. The molecule has 0 rings (SSSR count). The van der Waals surface area contributed by atoms with Gasteiger partial charge in [0.25, 0.3) is 0 Å². The van der Waals surface area contributed by atoms with Crippen molar-refractivity contribution < 1.29 is 16.5 Å². The van der Waals surface area contributed by atoms with Crippen LogP contribution in [-0.2, 0) is 16.5 Å². The molecule has 0 N–H and O–H groups in total. The zero-order valence-corrected chi connectivity index (χ0v) is 5.44. The van der Waals surface area contributed by atoms with Crippen molar-refractivity contribution in [2.45, 2.75) is 6.92 Å². The molecular weight excluding hydrogens is 142 g/mol. The largest absolute Gasteiger partial charge is 0.242 e. The first-order valence-electron chi connectivity index (χ1n) is 1.21. The van der Waals surface area contributed by atoms with Crippen LogP contribution in [0.2, 0.25) is 0 Å². The van der Waals surface area contributed by atoms with Crippen molar-refractivity contribution in [2.24, 2.45) is 0 Å². The van der Waals surface area contributed by atoms with E-state index < -0.39 is 0 Å². The maximum atomic E-state index is 3.44. The minimum Gasteiger partial charge on any atom is -0.242 e. The van der Waals surface area contributed by atoms with E-state index in [0.717, 1.165) is 5.57 Å². The molecule has 0 saturated carbocycles. The zero-order valence-electron chi connectivity index (χ0n) is 3.64. The van der Waals surface area contributed by atoms with Crippen LogP contribution in [0.25, 0.3) is 0 Å². The molecule has 2 heteroatoms. The van der Waals surface area contributed by atoms with Gasteiger partial charge in [0.15, 0.2) is 0 Å². The normalized spacial score (nSPS) is 4.17. The number of allylic oxidation sites excluding steroid dienone is 1. The van der Waals surface area contributed by atoms with Gasteiger partial charge in [0.05, 0.1) is 0 Å². The Kier molecular flexibility index (Phi) is 24.3. The van der Waals surface area contributed by atoms with E-state index in [1.165, 1.54) is 0 Å². The molecule has 0 fully saturated rings. The van der Waals surface area contributed by atoms with E-state index >= 15 is 0 Å². The first-order valence-corrected chi connectivity index (χ1v) is 1.21. The summed E-state index contributed by atoms with van der Waals surface area (Å²) in [6.45, 7) is 8.75. The number of rotatable bonds is 0. The van der Waals surface area contributed by atoms with Crippen LogP contribution in [0, 0.1) is 6.92 Å². The average Bonchev–Trinajstić information content (AvgIpc) is 0.811. The Morgan fingerprint density at radius 3 is 1.67 bits per heavy atom. The molecule has 0 aromatic carbocycles. The second-order valence-electron chi connectivity index (χ2n) is 0.957. The molecule has 0 heterocycles. The SMILES string of the molecule is C=C([CH2-])C.Cl.[Ni]. The summed E-state index contributed by atoms with van der Waals surface area (Å²) in [5.41, 5.74) is 0.917. The van der Waals surface area contributed by atoms with E-state index in [9.17, 15) is 0 Å². The molecule has 0 atom stereocenters. The van der Waals surface area contributed by atoms with Gasteiger partial charge in [-0.05, 0) is 0 Å². The van der Waals surface area contributed by atoms with Crippen molar-refractivity contribution in [1.29, 1.82) is 0 Å². The summed E-state index contributed by atoms with van der Waals surface area (Å²) in [5, 5.41) is 0. The van der Waals surface area contributed by atoms with Gasteiger partial charge in [0, 0.05) is 16.5 Å². The minimum absolute atomic E-state index is 0. The fourth-order valence-corrected chi connectivity index (χ4v) is 0. The van der Waals surface area contributed by atoms with Crippen LogP contribution < -0.4 is 0 Å². The predicted octanol–water partition coefficient (Wildman–Crippen LogP) is 1.82. The van der Waals surface area contributed by atoms with Crippen LogP contribution in [-0.4, -0.2) is 0 Å². The number of hydrogen-bond acceptors (Lipinski definition) is 0. The molecule has 0 aliphatic rings. The Labute approximate surface area is 55.3 Å². The molecular formula is C4H8ClNi-. The molecule has 0 radical (unpaired) electrons. The Morgan fingerprint density at radius 1 is 1.67 bits per heavy atom. The Morgan fingerprint density at radius 2 is 1.67 bits per heavy atom. The maximum Gasteiger partial charge on any atom is 0 e. The van der Waals surface area contributed by atoms with E-state index in [1.54, 1.807) is 0 Å². The molecule has 0 nitrogen and oxygen atoms in total. The fourth-order valence-electron chi connectivity index (χ4n) is 0. The summed E-state index contributed by atoms with van der Waals surface area (Å²) < 4.78 is 0. The Balaban J connectivity index is -0.0000000450. The molecule has 0 aromatic heterocycles. The smallest absolute Gasteiger partial charge is 0 e. The monoisotopic (exact) mass is 149 g/mol. The second-order valence-corrected chi connectivity index (χ2v) is 0.957. The van der Waals surface area contributed by atoms with E-state index in [4.69, 9.17) is 0 Å². The molecule has 0 aromatic rings. The molecule has 42 valence electrons. The van der Waals surface area contributed by atoms with Gasteiger partial charge in [-0.15, -0.1) is 12.4 Å². The van der Waals surface area contributed by atoms with Gasteiger partial charge in [-0.3, -0.25) is 0 Å². The summed E-state index contributed by atoms with van der Waals surface area (Å²) in [6, 6.07) is 0. The van der Waals surface area contributed by atoms with Gasteiger partial charge >= 0.3 is 0 Å². The van der Waals surface area contributed by atoms with Crippen molar-refractivity contribution in [3.05, 3.63) is 19.1 Å². The molecule has 0 aliphatic carbocycles. The summed E-state index contributed by atoms with van der Waals surface area (Å²) in [6.07, 6.45) is 0. The standard InChI is InChI=1S/C4H7.ClH.Ni/c1-4(2)3;;/h1-2H2,3H3;1H;/q-1;;. The van der Waals surface area contributed by atoms with Crippen LogP contribution in [0.3, 0.4) is 0 Å². The average molecular weight is 150 g/mol. The summed E-state index contributed by atoms with van der Waals surface area (Å²) in [4.78, 5) is 0. The first kappa shape index (κ1) is 16.2. The van der Waals surface area contributed by atoms with E-state index in [2.05, 4.69) is 13.5 Å². The summed E-state index contributed by atoms with van der Waals surface area (Å²) >= 11 is 0. The second kappa shape index (κ2) is 9.04. The van der Waals surface area contributed by atoms with Crippen LogP contribution in [0.1, 0.15) is 6.92 Å². The van der Waals surface area contributed by atoms with Gasteiger partial charge in [0.2, 0.25) is 0 Å². The Hall–Kier alpha value is 0.394.